The summed E-state index contributed by atoms with van der Waals surface area (Å²) >= 11 is 3.39. The monoisotopic (exact) mass is 452 g/mol. The lowest BCUT2D eigenvalue weighted by Crippen LogP contribution is -2.38. The van der Waals surface area contributed by atoms with Gasteiger partial charge in [0.25, 0.3) is 5.56 Å². The molecule has 160 valence electrons. The van der Waals surface area contributed by atoms with Gasteiger partial charge in [0.2, 0.25) is 0 Å². The molecular formula is C23H24N4O2S2. The van der Waals surface area contributed by atoms with Crippen LogP contribution in [0, 0.1) is 13.8 Å². The molecular weight excluding hydrogens is 428 g/mol. The van der Waals surface area contributed by atoms with E-state index in [-0.39, 0.29) is 5.56 Å². The number of morpholine rings is 1. The third-order valence-electron chi connectivity index (χ3n) is 5.57. The van der Waals surface area contributed by atoms with E-state index < -0.39 is 0 Å². The SMILES string of the molecule is Cc1cc(-c2csc(Cn3c(CN4CCOCC4)nc4ccccc4c3=O)n2)c(C)s1. The predicted molar refractivity (Wildman–Crippen MR) is 126 cm³/mol. The molecule has 0 aliphatic carbocycles. The van der Waals surface area contributed by atoms with Crippen molar-refractivity contribution in [1.82, 2.24) is 19.4 Å². The Morgan fingerprint density at radius 1 is 1.10 bits per heavy atom. The third kappa shape index (κ3) is 4.21. The average molecular weight is 453 g/mol. The number of aryl methyl sites for hydroxylation is 2. The van der Waals surface area contributed by atoms with Gasteiger partial charge in [0.1, 0.15) is 10.8 Å². The molecule has 1 aromatic carbocycles. The van der Waals surface area contributed by atoms with Crippen LogP contribution in [0.15, 0.2) is 40.5 Å². The van der Waals surface area contributed by atoms with Gasteiger partial charge in [-0.05, 0) is 32.0 Å². The number of rotatable bonds is 5. The van der Waals surface area contributed by atoms with Crippen LogP contribution in [0.1, 0.15) is 20.6 Å². The van der Waals surface area contributed by atoms with Crippen molar-refractivity contribution >= 4 is 33.6 Å². The molecule has 0 atom stereocenters. The molecule has 0 radical (unpaired) electrons. The van der Waals surface area contributed by atoms with Gasteiger partial charge in [0.15, 0.2) is 0 Å². The molecule has 1 saturated heterocycles. The van der Waals surface area contributed by atoms with Gasteiger partial charge in [0, 0.05) is 33.8 Å². The summed E-state index contributed by atoms with van der Waals surface area (Å²) in [7, 11) is 0. The smallest absolute Gasteiger partial charge is 0.261 e. The van der Waals surface area contributed by atoms with Crippen molar-refractivity contribution in [2.75, 3.05) is 26.3 Å². The van der Waals surface area contributed by atoms with Gasteiger partial charge in [-0.1, -0.05) is 12.1 Å². The molecule has 5 rings (SSSR count). The Hall–Kier alpha value is -2.39. The molecule has 0 spiro atoms. The molecule has 1 aliphatic rings. The van der Waals surface area contributed by atoms with Crippen molar-refractivity contribution in [3.05, 3.63) is 66.7 Å². The van der Waals surface area contributed by atoms with Crippen molar-refractivity contribution in [3.8, 4) is 11.3 Å². The first-order valence-corrected chi connectivity index (χ1v) is 12.1. The van der Waals surface area contributed by atoms with E-state index in [0.29, 0.717) is 31.7 Å². The molecule has 0 bridgehead atoms. The number of hydrogen-bond donors (Lipinski definition) is 0. The highest BCUT2D eigenvalue weighted by Gasteiger charge is 2.18. The Balaban J connectivity index is 1.52. The van der Waals surface area contributed by atoms with E-state index in [1.54, 1.807) is 27.2 Å². The molecule has 1 fully saturated rings. The van der Waals surface area contributed by atoms with E-state index in [9.17, 15) is 4.79 Å². The van der Waals surface area contributed by atoms with Gasteiger partial charge in [-0.3, -0.25) is 14.3 Å². The first kappa shape index (κ1) is 20.5. The van der Waals surface area contributed by atoms with Crippen LogP contribution in [0.25, 0.3) is 22.2 Å². The number of para-hydroxylation sites is 1. The van der Waals surface area contributed by atoms with Crippen molar-refractivity contribution in [3.63, 3.8) is 0 Å². The Labute approximate surface area is 188 Å². The summed E-state index contributed by atoms with van der Waals surface area (Å²) in [5.41, 5.74) is 2.91. The first-order chi connectivity index (χ1) is 15.1. The standard InChI is InChI=1S/C23H24N4O2S2/c1-15-11-18(16(2)31-15)20-14-30-22(25-20)13-27-21(12-26-7-9-29-10-8-26)24-19-6-4-3-5-17(19)23(27)28/h3-6,11,14H,7-10,12-13H2,1-2H3. The van der Waals surface area contributed by atoms with E-state index in [1.165, 1.54) is 15.3 Å². The lowest BCUT2D eigenvalue weighted by Gasteiger charge is -2.27. The van der Waals surface area contributed by atoms with Crippen LogP contribution in [0.4, 0.5) is 0 Å². The summed E-state index contributed by atoms with van der Waals surface area (Å²) < 4.78 is 7.27. The Kier molecular flexibility index (Phi) is 5.71. The zero-order valence-corrected chi connectivity index (χ0v) is 19.3. The summed E-state index contributed by atoms with van der Waals surface area (Å²) in [6, 6.07) is 9.76. The number of thiophene rings is 1. The van der Waals surface area contributed by atoms with Crippen molar-refractivity contribution in [2.24, 2.45) is 0 Å². The van der Waals surface area contributed by atoms with Crippen LogP contribution in [-0.2, 0) is 17.8 Å². The zero-order chi connectivity index (χ0) is 21.4. The molecule has 0 unspecified atom stereocenters. The highest BCUT2D eigenvalue weighted by atomic mass is 32.1. The molecule has 0 N–H and O–H groups in total. The van der Waals surface area contributed by atoms with Crippen LogP contribution in [-0.4, -0.2) is 45.7 Å². The Bertz CT molecular complexity index is 1280. The number of nitrogens with zero attached hydrogens (tertiary/aromatic N) is 4. The van der Waals surface area contributed by atoms with Crippen LogP contribution >= 0.6 is 22.7 Å². The summed E-state index contributed by atoms with van der Waals surface area (Å²) in [6.45, 7) is 8.44. The van der Waals surface area contributed by atoms with Gasteiger partial charge in [-0.2, -0.15) is 0 Å². The predicted octanol–water partition coefficient (Wildman–Crippen LogP) is 4.08. The Morgan fingerprint density at radius 3 is 2.68 bits per heavy atom. The summed E-state index contributed by atoms with van der Waals surface area (Å²) in [5.74, 6) is 0.782. The maximum Gasteiger partial charge on any atom is 0.261 e. The normalized spacial score (nSPS) is 15.0. The largest absolute Gasteiger partial charge is 0.379 e. The maximum atomic E-state index is 13.4. The minimum Gasteiger partial charge on any atom is -0.379 e. The van der Waals surface area contributed by atoms with Crippen molar-refractivity contribution in [2.45, 2.75) is 26.9 Å². The molecule has 4 heterocycles. The Morgan fingerprint density at radius 2 is 1.90 bits per heavy atom. The first-order valence-electron chi connectivity index (χ1n) is 10.4. The van der Waals surface area contributed by atoms with Crippen molar-refractivity contribution in [1.29, 1.82) is 0 Å². The quantitative estimate of drug-likeness (QED) is 0.457. The van der Waals surface area contributed by atoms with E-state index in [0.717, 1.165) is 35.1 Å². The number of thiazole rings is 1. The fraction of sp³-hybridized carbons (Fsp3) is 0.348. The molecule has 4 aromatic rings. The molecule has 31 heavy (non-hydrogen) atoms. The number of fused-ring (bicyclic) bond motifs is 1. The van der Waals surface area contributed by atoms with E-state index in [4.69, 9.17) is 14.7 Å². The fourth-order valence-corrected chi connectivity index (χ4v) is 5.70. The minimum atomic E-state index is -0.00633. The molecule has 8 heteroatoms. The third-order valence-corrected chi connectivity index (χ3v) is 7.37. The number of aromatic nitrogens is 3. The second-order valence-electron chi connectivity index (χ2n) is 7.78. The van der Waals surface area contributed by atoms with Gasteiger partial charge >= 0.3 is 0 Å². The highest BCUT2D eigenvalue weighted by molar-refractivity contribution is 7.12. The topological polar surface area (TPSA) is 60.2 Å². The lowest BCUT2D eigenvalue weighted by molar-refractivity contribution is 0.0325. The molecule has 0 saturated carbocycles. The summed E-state index contributed by atoms with van der Waals surface area (Å²) in [5, 5.41) is 3.65. The molecule has 6 nitrogen and oxygen atoms in total. The van der Waals surface area contributed by atoms with Crippen LogP contribution < -0.4 is 5.56 Å². The second-order valence-corrected chi connectivity index (χ2v) is 10.2. The number of ether oxygens (including phenoxy) is 1. The van der Waals surface area contributed by atoms with Gasteiger partial charge in [-0.25, -0.2) is 9.97 Å². The van der Waals surface area contributed by atoms with Gasteiger partial charge < -0.3 is 4.74 Å². The zero-order valence-electron chi connectivity index (χ0n) is 17.6. The van der Waals surface area contributed by atoms with E-state index in [1.807, 2.05) is 24.3 Å². The fourth-order valence-electron chi connectivity index (χ4n) is 3.98. The maximum absolute atomic E-state index is 13.4. The minimum absolute atomic E-state index is 0.00633. The van der Waals surface area contributed by atoms with E-state index in [2.05, 4.69) is 30.2 Å². The molecule has 1 aliphatic heterocycles. The second kappa shape index (κ2) is 8.63. The van der Waals surface area contributed by atoms with E-state index >= 15 is 0 Å². The van der Waals surface area contributed by atoms with Crippen LogP contribution in [0.2, 0.25) is 0 Å². The lowest BCUT2D eigenvalue weighted by atomic mass is 10.2. The number of benzene rings is 1. The van der Waals surface area contributed by atoms with Crippen molar-refractivity contribution < 1.29 is 4.74 Å². The van der Waals surface area contributed by atoms with Gasteiger partial charge in [-0.15, -0.1) is 22.7 Å². The van der Waals surface area contributed by atoms with Crippen LogP contribution in [0.5, 0.6) is 0 Å². The average Bonchev–Trinajstić information content (AvgIpc) is 3.37. The summed E-state index contributed by atoms with van der Waals surface area (Å²) in [4.78, 5) is 28.0. The van der Waals surface area contributed by atoms with Gasteiger partial charge in [0.05, 0.1) is 42.9 Å². The molecule has 0 amide bonds. The summed E-state index contributed by atoms with van der Waals surface area (Å²) in [6.07, 6.45) is 0. The van der Waals surface area contributed by atoms with Crippen LogP contribution in [0.3, 0.4) is 0 Å². The highest BCUT2D eigenvalue weighted by Crippen LogP contribution is 2.31. The number of hydrogen-bond acceptors (Lipinski definition) is 7. The molecule has 3 aromatic heterocycles.